The van der Waals surface area contributed by atoms with Crippen LogP contribution in [0.4, 0.5) is 0 Å². The second-order valence-electron chi connectivity index (χ2n) is 11.0. The molecule has 0 N–H and O–H groups in total. The zero-order valence-corrected chi connectivity index (χ0v) is 28.0. The number of aromatic nitrogens is 1. The van der Waals surface area contributed by atoms with E-state index in [1.807, 2.05) is 54.6 Å². The molecule has 0 atom stereocenters. The Bertz CT molecular complexity index is 1650. The Morgan fingerprint density at radius 3 is 2.45 bits per heavy atom. The van der Waals surface area contributed by atoms with Crippen LogP contribution in [0, 0.1) is 17.4 Å². The van der Waals surface area contributed by atoms with E-state index in [1.54, 1.807) is 6.08 Å². The van der Waals surface area contributed by atoms with E-state index in [4.69, 9.17) is 9.47 Å². The van der Waals surface area contributed by atoms with Crippen LogP contribution in [0.2, 0.25) is 13.6 Å². The van der Waals surface area contributed by atoms with Gasteiger partial charge < -0.3 is 18.4 Å². The van der Waals surface area contributed by atoms with Gasteiger partial charge in [0.2, 0.25) is 0 Å². The lowest BCUT2D eigenvalue weighted by atomic mass is 9.48. The summed E-state index contributed by atoms with van der Waals surface area (Å²) in [6, 6.07) is 17.8. The smallest absolute Gasteiger partial charge is 0.373 e. The van der Waals surface area contributed by atoms with Crippen LogP contribution in [0.15, 0.2) is 75.5 Å². The summed E-state index contributed by atoms with van der Waals surface area (Å²) >= 11 is 4.89. The number of halogens is 2. The van der Waals surface area contributed by atoms with Gasteiger partial charge in [0.25, 0.3) is 0 Å². The molecule has 40 heavy (non-hydrogen) atoms. The van der Waals surface area contributed by atoms with E-state index < -0.39 is 6.42 Å². The molecule has 0 bridgehead atoms. The lowest BCUT2D eigenvalue weighted by Crippen LogP contribution is -2.53. The molecule has 2 aliphatic rings. The first-order valence-corrected chi connectivity index (χ1v) is 15.6. The third-order valence-corrected chi connectivity index (χ3v) is 11.1. The summed E-state index contributed by atoms with van der Waals surface area (Å²) in [4.78, 5) is 13.0. The number of esters is 1. The topological polar surface area (TPSA) is 43.5 Å². The Balaban J connectivity index is 1.38. The summed E-state index contributed by atoms with van der Waals surface area (Å²) in [7, 11) is 0. The lowest BCUT2D eigenvalue weighted by Gasteiger charge is -2.40. The molecule has 8 heteroatoms. The van der Waals surface area contributed by atoms with Crippen molar-refractivity contribution >= 4 is 74.9 Å². The maximum absolute atomic E-state index is 13.0. The minimum atomic E-state index is -1.10. The van der Waals surface area contributed by atoms with Gasteiger partial charge in [0.1, 0.15) is 24.7 Å². The average Bonchev–Trinajstić information content (AvgIpc) is 3.32. The van der Waals surface area contributed by atoms with Gasteiger partial charge >= 0.3 is 12.4 Å². The van der Waals surface area contributed by atoms with Gasteiger partial charge in [0, 0.05) is 27.8 Å². The molecule has 0 saturated heterocycles. The Hall–Kier alpha value is -2.60. The van der Waals surface area contributed by atoms with Crippen molar-refractivity contribution in [3.05, 3.63) is 107 Å². The highest BCUT2D eigenvalue weighted by atomic mass is 127. The summed E-state index contributed by atoms with van der Waals surface area (Å²) in [6.07, 6.45) is 2.17. The number of allylic oxidation sites excluding steroid dienone is 2. The number of rotatable bonds is 7. The quantitative estimate of drug-likeness (QED) is 0.106. The van der Waals surface area contributed by atoms with E-state index in [9.17, 15) is 4.79 Å². The maximum atomic E-state index is 13.0. The van der Waals surface area contributed by atoms with Crippen LogP contribution in [0.25, 0.3) is 11.6 Å². The van der Waals surface area contributed by atoms with Gasteiger partial charge in [0.05, 0.1) is 9.15 Å². The SMILES string of the molecule is CC1=C(I)C(C)=[N+]2C1=C(COC(=O)/C=C/c1cccc(OCc3ccccc3)c1)c1c(C)c(I)c(C)n1[B-]2(C)C. The number of benzene rings is 2. The molecule has 3 aromatic rings. The molecule has 2 aliphatic heterocycles. The monoisotopic (exact) mass is 758 g/mol. The van der Waals surface area contributed by atoms with E-state index in [0.29, 0.717) is 6.61 Å². The summed E-state index contributed by atoms with van der Waals surface area (Å²) < 4.78 is 19.3. The largest absolute Gasteiger partial charge is 0.489 e. The maximum Gasteiger partial charge on any atom is 0.373 e. The molecule has 206 valence electrons. The lowest BCUT2D eigenvalue weighted by molar-refractivity contribution is -0.336. The van der Waals surface area contributed by atoms with Crippen molar-refractivity contribution in [3.63, 3.8) is 0 Å². The van der Waals surface area contributed by atoms with Crippen LogP contribution in [-0.4, -0.2) is 33.7 Å². The number of hydrogen-bond acceptors (Lipinski definition) is 3. The van der Waals surface area contributed by atoms with Crippen molar-refractivity contribution in [2.45, 2.75) is 47.9 Å². The first-order chi connectivity index (χ1) is 19.0. The molecule has 3 heterocycles. The fourth-order valence-corrected chi connectivity index (χ4v) is 7.18. The molecule has 0 spiro atoms. The van der Waals surface area contributed by atoms with Gasteiger partial charge in [-0.2, -0.15) is 0 Å². The second kappa shape index (κ2) is 11.4. The Kier molecular flexibility index (Phi) is 8.21. The minimum absolute atomic E-state index is 0.205. The first kappa shape index (κ1) is 28.9. The van der Waals surface area contributed by atoms with Crippen LogP contribution < -0.4 is 4.74 Å². The molecule has 0 unspecified atom stereocenters. The van der Waals surface area contributed by atoms with Crippen LogP contribution >= 0.6 is 45.2 Å². The van der Waals surface area contributed by atoms with Crippen molar-refractivity contribution in [2.75, 3.05) is 6.61 Å². The van der Waals surface area contributed by atoms with E-state index in [0.717, 1.165) is 22.4 Å². The highest BCUT2D eigenvalue weighted by Crippen LogP contribution is 2.44. The van der Waals surface area contributed by atoms with Crippen LogP contribution in [-0.2, 0) is 16.1 Å². The van der Waals surface area contributed by atoms with Crippen molar-refractivity contribution < 1.29 is 18.8 Å². The number of nitrogens with zero attached hydrogens (tertiary/aromatic N) is 2. The molecule has 5 nitrogen and oxygen atoms in total. The van der Waals surface area contributed by atoms with Gasteiger partial charge in [-0.3, -0.25) is 0 Å². The highest BCUT2D eigenvalue weighted by molar-refractivity contribution is 14.1. The summed E-state index contributed by atoms with van der Waals surface area (Å²) in [5.41, 5.74) is 10.4. The summed E-state index contributed by atoms with van der Waals surface area (Å²) in [5.74, 6) is 0.381. The molecule has 0 saturated carbocycles. The average molecular weight is 758 g/mol. The first-order valence-electron chi connectivity index (χ1n) is 13.5. The molecule has 0 amide bonds. The third-order valence-electron chi connectivity index (χ3n) is 7.92. The Labute approximate surface area is 263 Å². The number of carbonyl (C=O) groups excluding carboxylic acids is 1. The summed E-state index contributed by atoms with van der Waals surface area (Å²) in [5, 5.41) is 0. The van der Waals surface area contributed by atoms with Gasteiger partial charge in [-0.25, -0.2) is 4.79 Å². The summed E-state index contributed by atoms with van der Waals surface area (Å²) in [6.45, 7) is 14.1. The molecular formula is C32H33BI2N2O3. The predicted molar refractivity (Wildman–Crippen MR) is 181 cm³/mol. The second-order valence-corrected chi connectivity index (χ2v) is 13.1. The molecule has 1 aromatic heterocycles. The molecule has 0 aliphatic carbocycles. The molecule has 0 fully saturated rings. The molecule has 0 radical (unpaired) electrons. The van der Waals surface area contributed by atoms with Crippen LogP contribution in [0.1, 0.15) is 41.9 Å². The molecule has 2 aromatic carbocycles. The highest BCUT2D eigenvalue weighted by Gasteiger charge is 2.47. The predicted octanol–water partition coefficient (Wildman–Crippen LogP) is 8.02. The number of fused-ring (bicyclic) bond motifs is 2. The van der Waals surface area contributed by atoms with Gasteiger partial charge in [-0.1, -0.05) is 42.5 Å². The van der Waals surface area contributed by atoms with Crippen molar-refractivity contribution in [1.82, 2.24) is 4.48 Å². The van der Waals surface area contributed by atoms with Crippen molar-refractivity contribution in [3.8, 4) is 5.75 Å². The molecule has 5 rings (SSSR count). The van der Waals surface area contributed by atoms with E-state index in [2.05, 4.69) is 95.5 Å². The van der Waals surface area contributed by atoms with Crippen LogP contribution in [0.3, 0.4) is 0 Å². The third kappa shape index (κ3) is 5.13. The fourth-order valence-electron chi connectivity index (χ4n) is 6.15. The Morgan fingerprint density at radius 2 is 1.73 bits per heavy atom. The zero-order valence-electron chi connectivity index (χ0n) is 23.7. The number of hydrogen-bond donors (Lipinski definition) is 0. The standard InChI is InChI=1S/C32H33BI2N2O3/c1-20-29(34)22(3)36-31(20)27(32-21(2)30(35)23(4)37(32)33(36,5)6)19-40-28(38)16-15-24-13-10-14-26(17-24)39-18-25-11-8-7-9-12-25/h7-17H,18-19H2,1-6H3/b16-15+. The van der Waals surface area contributed by atoms with E-state index in [-0.39, 0.29) is 12.6 Å². The minimum Gasteiger partial charge on any atom is -0.489 e. The van der Waals surface area contributed by atoms with Gasteiger partial charge in [-0.15, -0.1) is 13.6 Å². The fraction of sp³-hybridized carbons (Fsp3) is 0.250. The van der Waals surface area contributed by atoms with Crippen molar-refractivity contribution in [1.29, 1.82) is 0 Å². The van der Waals surface area contributed by atoms with Crippen LogP contribution in [0.5, 0.6) is 5.75 Å². The zero-order chi connectivity index (χ0) is 28.8. The Morgan fingerprint density at radius 1 is 1.00 bits per heavy atom. The number of ether oxygens (including phenoxy) is 2. The van der Waals surface area contributed by atoms with Gasteiger partial charge in [-0.05, 0) is 107 Å². The van der Waals surface area contributed by atoms with E-state index >= 15 is 0 Å². The van der Waals surface area contributed by atoms with Gasteiger partial charge in [0.15, 0.2) is 5.70 Å². The molecular weight excluding hydrogens is 725 g/mol. The van der Waals surface area contributed by atoms with Crippen molar-refractivity contribution in [2.24, 2.45) is 0 Å². The number of carbonyl (C=O) groups is 1. The normalized spacial score (nSPS) is 16.1. The van der Waals surface area contributed by atoms with E-state index in [1.165, 1.54) is 47.2 Å².